The molecule has 0 saturated carbocycles. The fraction of sp³-hybridized carbons (Fsp3) is 0.0526. The van der Waals surface area contributed by atoms with Crippen molar-refractivity contribution in [2.45, 2.75) is 6.61 Å². The SMILES string of the molecule is OCc1c(Oc2ccccc2)cc(O)cc1Oc1ccccc1. The molecule has 23 heavy (non-hydrogen) atoms. The van der Waals surface area contributed by atoms with Crippen molar-refractivity contribution < 1.29 is 19.7 Å². The van der Waals surface area contributed by atoms with Gasteiger partial charge in [-0.15, -0.1) is 0 Å². The molecule has 0 aliphatic rings. The van der Waals surface area contributed by atoms with Crippen molar-refractivity contribution >= 4 is 0 Å². The number of benzene rings is 3. The first-order valence-corrected chi connectivity index (χ1v) is 7.19. The molecule has 3 rings (SSSR count). The normalized spacial score (nSPS) is 10.3. The van der Waals surface area contributed by atoms with Crippen LogP contribution in [0.15, 0.2) is 72.8 Å². The van der Waals surface area contributed by atoms with Gasteiger partial charge >= 0.3 is 0 Å². The molecule has 0 heterocycles. The number of aromatic hydroxyl groups is 1. The summed E-state index contributed by atoms with van der Waals surface area (Å²) in [6, 6.07) is 21.2. The molecule has 4 nitrogen and oxygen atoms in total. The van der Waals surface area contributed by atoms with Crippen LogP contribution in [0.5, 0.6) is 28.7 Å². The van der Waals surface area contributed by atoms with Crippen LogP contribution in [0.4, 0.5) is 0 Å². The quantitative estimate of drug-likeness (QED) is 0.730. The first-order valence-electron chi connectivity index (χ1n) is 7.19. The van der Waals surface area contributed by atoms with Gasteiger partial charge in [0.1, 0.15) is 28.7 Å². The minimum absolute atomic E-state index is 0.000868. The lowest BCUT2D eigenvalue weighted by atomic mass is 10.1. The lowest BCUT2D eigenvalue weighted by molar-refractivity contribution is 0.270. The lowest BCUT2D eigenvalue weighted by Gasteiger charge is -2.15. The third-order valence-electron chi connectivity index (χ3n) is 3.25. The van der Waals surface area contributed by atoms with E-state index in [9.17, 15) is 10.2 Å². The molecule has 0 saturated heterocycles. The van der Waals surface area contributed by atoms with Gasteiger partial charge in [0.2, 0.25) is 0 Å². The van der Waals surface area contributed by atoms with Gasteiger partial charge in [-0.2, -0.15) is 0 Å². The Hall–Kier alpha value is -2.98. The van der Waals surface area contributed by atoms with Crippen LogP contribution in [-0.2, 0) is 6.61 Å². The fourth-order valence-electron chi connectivity index (χ4n) is 2.17. The Labute approximate surface area is 134 Å². The molecule has 0 aromatic heterocycles. The fourth-order valence-corrected chi connectivity index (χ4v) is 2.17. The van der Waals surface area contributed by atoms with Gasteiger partial charge in [-0.25, -0.2) is 0 Å². The van der Waals surface area contributed by atoms with Crippen molar-refractivity contribution in [2.75, 3.05) is 0 Å². The van der Waals surface area contributed by atoms with E-state index in [2.05, 4.69) is 0 Å². The van der Waals surface area contributed by atoms with Crippen molar-refractivity contribution in [1.29, 1.82) is 0 Å². The molecule has 0 atom stereocenters. The first-order chi connectivity index (χ1) is 11.3. The van der Waals surface area contributed by atoms with E-state index < -0.39 is 0 Å². The van der Waals surface area contributed by atoms with E-state index >= 15 is 0 Å². The molecular weight excluding hydrogens is 292 g/mol. The Morgan fingerprint density at radius 3 is 1.52 bits per heavy atom. The topological polar surface area (TPSA) is 58.9 Å². The summed E-state index contributed by atoms with van der Waals surface area (Å²) in [5.74, 6) is 1.92. The molecule has 4 heteroatoms. The number of hydrogen-bond donors (Lipinski definition) is 2. The second-order valence-electron chi connectivity index (χ2n) is 4.91. The Balaban J connectivity index is 1.96. The number of phenolic OH excluding ortho intramolecular Hbond substituents is 1. The van der Waals surface area contributed by atoms with Crippen molar-refractivity contribution in [2.24, 2.45) is 0 Å². The summed E-state index contributed by atoms with van der Waals surface area (Å²) < 4.78 is 11.5. The van der Waals surface area contributed by atoms with Crippen LogP contribution in [0, 0.1) is 0 Å². The van der Waals surface area contributed by atoms with E-state index in [-0.39, 0.29) is 12.4 Å². The van der Waals surface area contributed by atoms with Crippen LogP contribution in [0.1, 0.15) is 5.56 Å². The largest absolute Gasteiger partial charge is 0.508 e. The molecule has 2 N–H and O–H groups in total. The Morgan fingerprint density at radius 1 is 0.696 bits per heavy atom. The highest BCUT2D eigenvalue weighted by molar-refractivity contribution is 5.52. The maximum Gasteiger partial charge on any atom is 0.140 e. The first kappa shape index (κ1) is 14.9. The average Bonchev–Trinajstić information content (AvgIpc) is 2.56. The second kappa shape index (κ2) is 6.85. The summed E-state index contributed by atoms with van der Waals surface area (Å²) in [6.45, 7) is -0.273. The van der Waals surface area contributed by atoms with E-state index in [1.807, 2.05) is 36.4 Å². The monoisotopic (exact) mass is 308 g/mol. The van der Waals surface area contributed by atoms with Gasteiger partial charge in [-0.05, 0) is 24.3 Å². The molecule has 0 aliphatic carbocycles. The summed E-state index contributed by atoms with van der Waals surface area (Å²) in [7, 11) is 0. The van der Waals surface area contributed by atoms with E-state index in [0.717, 1.165) is 0 Å². The highest BCUT2D eigenvalue weighted by Crippen LogP contribution is 2.38. The number of rotatable bonds is 5. The number of para-hydroxylation sites is 2. The summed E-state index contributed by atoms with van der Waals surface area (Å²) in [5.41, 5.74) is 0.468. The summed E-state index contributed by atoms with van der Waals surface area (Å²) in [6.07, 6.45) is 0. The molecule has 0 spiro atoms. The lowest BCUT2D eigenvalue weighted by Crippen LogP contribution is -1.96. The molecule has 0 aliphatic heterocycles. The maximum absolute atomic E-state index is 9.93. The predicted molar refractivity (Wildman–Crippen MR) is 87.1 cm³/mol. The molecular formula is C19H16O4. The van der Waals surface area contributed by atoms with Gasteiger partial charge < -0.3 is 19.7 Å². The molecule has 0 amide bonds. The Bertz CT molecular complexity index is 707. The van der Waals surface area contributed by atoms with Crippen molar-refractivity contribution in [3.8, 4) is 28.7 Å². The average molecular weight is 308 g/mol. The molecule has 0 radical (unpaired) electrons. The zero-order valence-electron chi connectivity index (χ0n) is 12.3. The zero-order chi connectivity index (χ0) is 16.1. The highest BCUT2D eigenvalue weighted by Gasteiger charge is 2.14. The van der Waals surface area contributed by atoms with E-state index in [4.69, 9.17) is 9.47 Å². The second-order valence-corrected chi connectivity index (χ2v) is 4.91. The summed E-state index contributed by atoms with van der Waals surface area (Å²) in [5, 5.41) is 19.6. The van der Waals surface area contributed by atoms with E-state index in [0.29, 0.717) is 28.6 Å². The number of ether oxygens (including phenoxy) is 2. The van der Waals surface area contributed by atoms with Crippen molar-refractivity contribution in [3.63, 3.8) is 0 Å². The minimum atomic E-state index is -0.273. The Morgan fingerprint density at radius 2 is 1.13 bits per heavy atom. The van der Waals surface area contributed by atoms with Crippen LogP contribution in [0.25, 0.3) is 0 Å². The molecule has 0 fully saturated rings. The molecule has 0 unspecified atom stereocenters. The third kappa shape index (κ3) is 3.62. The van der Waals surface area contributed by atoms with Crippen LogP contribution < -0.4 is 9.47 Å². The molecule has 116 valence electrons. The summed E-state index contributed by atoms with van der Waals surface area (Å²) >= 11 is 0. The summed E-state index contributed by atoms with van der Waals surface area (Å²) in [4.78, 5) is 0. The molecule has 3 aromatic carbocycles. The third-order valence-corrected chi connectivity index (χ3v) is 3.25. The molecule has 3 aromatic rings. The number of phenols is 1. The number of aliphatic hydroxyl groups is 1. The predicted octanol–water partition coefficient (Wildman–Crippen LogP) is 4.47. The van der Waals surface area contributed by atoms with Crippen molar-refractivity contribution in [3.05, 3.63) is 78.4 Å². The van der Waals surface area contributed by atoms with Crippen LogP contribution >= 0.6 is 0 Å². The Kier molecular flexibility index (Phi) is 4.45. The van der Waals surface area contributed by atoms with Gasteiger partial charge in [0, 0.05) is 12.1 Å². The van der Waals surface area contributed by atoms with Gasteiger partial charge in [-0.3, -0.25) is 0 Å². The maximum atomic E-state index is 9.93. The zero-order valence-corrected chi connectivity index (χ0v) is 12.3. The van der Waals surface area contributed by atoms with Gasteiger partial charge in [0.05, 0.1) is 12.2 Å². The minimum Gasteiger partial charge on any atom is -0.508 e. The van der Waals surface area contributed by atoms with Crippen LogP contribution in [0.3, 0.4) is 0 Å². The van der Waals surface area contributed by atoms with Crippen molar-refractivity contribution in [1.82, 2.24) is 0 Å². The van der Waals surface area contributed by atoms with Gasteiger partial charge in [-0.1, -0.05) is 36.4 Å². The van der Waals surface area contributed by atoms with E-state index in [1.165, 1.54) is 12.1 Å². The van der Waals surface area contributed by atoms with E-state index in [1.54, 1.807) is 24.3 Å². The van der Waals surface area contributed by atoms with Crippen LogP contribution in [0.2, 0.25) is 0 Å². The standard InChI is InChI=1S/C19H16O4/c20-13-17-18(22-15-7-3-1-4-8-15)11-14(21)12-19(17)23-16-9-5-2-6-10-16/h1-12,20-21H,13H2. The molecule has 0 bridgehead atoms. The number of aliphatic hydroxyl groups excluding tert-OH is 1. The smallest absolute Gasteiger partial charge is 0.140 e. The van der Waals surface area contributed by atoms with Gasteiger partial charge in [0.15, 0.2) is 0 Å². The van der Waals surface area contributed by atoms with Gasteiger partial charge in [0.25, 0.3) is 0 Å². The highest BCUT2D eigenvalue weighted by atomic mass is 16.5. The number of hydrogen-bond acceptors (Lipinski definition) is 4. The van der Waals surface area contributed by atoms with Crippen LogP contribution in [-0.4, -0.2) is 10.2 Å².